The van der Waals surface area contributed by atoms with E-state index in [2.05, 4.69) is 22.0 Å². The normalized spacial score (nSPS) is 16.5. The molecule has 16 heavy (non-hydrogen) atoms. The summed E-state index contributed by atoms with van der Waals surface area (Å²) in [6, 6.07) is 7.70. The van der Waals surface area contributed by atoms with E-state index < -0.39 is 0 Å². The summed E-state index contributed by atoms with van der Waals surface area (Å²) in [6.45, 7) is 0.600. The van der Waals surface area contributed by atoms with Crippen LogP contribution in [0.15, 0.2) is 22.7 Å². The molecule has 0 aromatic heterocycles. The van der Waals surface area contributed by atoms with Crippen molar-refractivity contribution in [1.29, 1.82) is 5.26 Å². The third kappa shape index (κ3) is 2.48. The Labute approximate surface area is 103 Å². The smallest absolute Gasteiger partial charge is 0.135 e. The van der Waals surface area contributed by atoms with Crippen LogP contribution in [0.2, 0.25) is 0 Å². The molecule has 0 aliphatic heterocycles. The molecular formula is C12H13BrN2O. The molecule has 1 aromatic carbocycles. The molecular weight excluding hydrogens is 268 g/mol. The van der Waals surface area contributed by atoms with Crippen LogP contribution in [0.4, 0.5) is 5.69 Å². The predicted octanol–water partition coefficient (Wildman–Crippen LogP) is 3.10. The molecule has 4 heteroatoms. The van der Waals surface area contributed by atoms with E-state index in [1.54, 1.807) is 6.07 Å². The zero-order chi connectivity index (χ0) is 11.6. The number of halogens is 1. The summed E-state index contributed by atoms with van der Waals surface area (Å²) in [5.41, 5.74) is 6.47. The average Bonchev–Trinajstić information content (AvgIpc) is 3.01. The molecule has 1 aliphatic carbocycles. The average molecular weight is 281 g/mol. The lowest BCUT2D eigenvalue weighted by Gasteiger charge is -2.14. The van der Waals surface area contributed by atoms with E-state index in [1.807, 2.05) is 12.1 Å². The zero-order valence-corrected chi connectivity index (χ0v) is 10.5. The van der Waals surface area contributed by atoms with Gasteiger partial charge in [0.2, 0.25) is 0 Å². The molecule has 0 saturated heterocycles. The maximum absolute atomic E-state index is 8.70. The summed E-state index contributed by atoms with van der Waals surface area (Å²) >= 11 is 3.41. The SMILES string of the molecule is N#CCC1(COc2cc(N)ccc2Br)CC1. The lowest BCUT2D eigenvalue weighted by molar-refractivity contribution is 0.235. The number of nitrogens with zero attached hydrogens (tertiary/aromatic N) is 1. The van der Waals surface area contributed by atoms with E-state index in [0.717, 1.165) is 23.1 Å². The van der Waals surface area contributed by atoms with Gasteiger partial charge in [0.25, 0.3) is 0 Å². The minimum atomic E-state index is 0.0960. The highest BCUT2D eigenvalue weighted by Gasteiger charge is 2.43. The van der Waals surface area contributed by atoms with Crippen molar-refractivity contribution >= 4 is 21.6 Å². The van der Waals surface area contributed by atoms with Crippen LogP contribution in [0.25, 0.3) is 0 Å². The van der Waals surface area contributed by atoms with Crippen LogP contribution in [-0.2, 0) is 0 Å². The van der Waals surface area contributed by atoms with Gasteiger partial charge in [-0.2, -0.15) is 5.26 Å². The molecule has 84 valence electrons. The number of nitriles is 1. The van der Waals surface area contributed by atoms with Gasteiger partial charge in [0.1, 0.15) is 5.75 Å². The van der Waals surface area contributed by atoms with Gasteiger partial charge < -0.3 is 10.5 Å². The fourth-order valence-electron chi connectivity index (χ4n) is 1.58. The molecule has 1 fully saturated rings. The Kier molecular flexibility index (Phi) is 3.06. The summed E-state index contributed by atoms with van der Waals surface area (Å²) in [5, 5.41) is 8.70. The number of nitrogens with two attached hydrogens (primary N) is 1. The molecule has 1 aromatic rings. The molecule has 1 aliphatic rings. The monoisotopic (exact) mass is 280 g/mol. The lowest BCUT2D eigenvalue weighted by Crippen LogP contribution is -2.12. The van der Waals surface area contributed by atoms with E-state index in [9.17, 15) is 0 Å². The fourth-order valence-corrected chi connectivity index (χ4v) is 1.94. The largest absolute Gasteiger partial charge is 0.492 e. The van der Waals surface area contributed by atoms with Crippen LogP contribution in [0.1, 0.15) is 19.3 Å². The zero-order valence-electron chi connectivity index (χ0n) is 8.87. The van der Waals surface area contributed by atoms with E-state index >= 15 is 0 Å². The second-order valence-corrected chi connectivity index (χ2v) is 5.17. The summed E-state index contributed by atoms with van der Waals surface area (Å²) in [5.74, 6) is 0.754. The minimum Gasteiger partial charge on any atom is -0.492 e. The number of hydrogen-bond acceptors (Lipinski definition) is 3. The van der Waals surface area contributed by atoms with Gasteiger partial charge in [0.15, 0.2) is 0 Å². The third-order valence-electron chi connectivity index (χ3n) is 2.90. The molecule has 0 spiro atoms. The van der Waals surface area contributed by atoms with Crippen LogP contribution < -0.4 is 10.5 Å². The Bertz CT molecular complexity index is 435. The Balaban J connectivity index is 2.00. The van der Waals surface area contributed by atoms with Crippen molar-refractivity contribution in [2.45, 2.75) is 19.3 Å². The molecule has 0 atom stereocenters. The van der Waals surface area contributed by atoms with E-state index in [4.69, 9.17) is 15.7 Å². The summed E-state index contributed by atoms with van der Waals surface area (Å²) in [6.07, 6.45) is 2.74. The number of anilines is 1. The van der Waals surface area contributed by atoms with Gasteiger partial charge >= 0.3 is 0 Å². The Morgan fingerprint density at radius 2 is 2.25 bits per heavy atom. The maximum atomic E-state index is 8.70. The van der Waals surface area contributed by atoms with Gasteiger partial charge in [-0.15, -0.1) is 0 Å². The van der Waals surface area contributed by atoms with Crippen molar-refractivity contribution in [1.82, 2.24) is 0 Å². The molecule has 0 radical (unpaired) electrons. The van der Waals surface area contributed by atoms with Gasteiger partial charge in [-0.25, -0.2) is 0 Å². The number of hydrogen-bond donors (Lipinski definition) is 1. The van der Waals surface area contributed by atoms with Gasteiger partial charge in [-0.05, 0) is 40.9 Å². The quantitative estimate of drug-likeness (QED) is 0.863. The lowest BCUT2D eigenvalue weighted by atomic mass is 10.1. The van der Waals surface area contributed by atoms with Crippen molar-refractivity contribution < 1.29 is 4.74 Å². The molecule has 0 heterocycles. The summed E-state index contributed by atoms with van der Waals surface area (Å²) in [4.78, 5) is 0. The number of benzene rings is 1. The van der Waals surface area contributed by atoms with Crippen LogP contribution in [0.5, 0.6) is 5.75 Å². The van der Waals surface area contributed by atoms with E-state index in [1.165, 1.54) is 0 Å². The Morgan fingerprint density at radius 3 is 2.88 bits per heavy atom. The Morgan fingerprint density at radius 1 is 1.50 bits per heavy atom. The molecule has 3 nitrogen and oxygen atoms in total. The topological polar surface area (TPSA) is 59.0 Å². The first-order valence-corrected chi connectivity index (χ1v) is 5.99. The highest BCUT2D eigenvalue weighted by Crippen LogP contribution is 2.49. The Hall–Kier alpha value is -1.21. The van der Waals surface area contributed by atoms with Crippen molar-refractivity contribution in [2.24, 2.45) is 5.41 Å². The van der Waals surface area contributed by atoms with E-state index in [0.29, 0.717) is 18.7 Å². The number of nitrogen functional groups attached to an aromatic ring is 1. The van der Waals surface area contributed by atoms with Gasteiger partial charge in [-0.3, -0.25) is 0 Å². The standard InChI is InChI=1S/C12H13BrN2O/c13-10-2-1-9(15)7-11(10)16-8-12(3-4-12)5-6-14/h1-2,7H,3-5,8,15H2. The maximum Gasteiger partial charge on any atom is 0.135 e. The first-order chi connectivity index (χ1) is 7.65. The highest BCUT2D eigenvalue weighted by atomic mass is 79.9. The predicted molar refractivity (Wildman–Crippen MR) is 65.9 cm³/mol. The second-order valence-electron chi connectivity index (χ2n) is 4.31. The molecule has 2 rings (SSSR count). The second kappa shape index (κ2) is 4.34. The summed E-state index contributed by atoms with van der Waals surface area (Å²) < 4.78 is 6.62. The van der Waals surface area contributed by atoms with E-state index in [-0.39, 0.29) is 5.41 Å². The van der Waals surface area contributed by atoms with Crippen LogP contribution in [-0.4, -0.2) is 6.61 Å². The van der Waals surface area contributed by atoms with Crippen LogP contribution >= 0.6 is 15.9 Å². The summed E-state index contributed by atoms with van der Waals surface area (Å²) in [7, 11) is 0. The number of ether oxygens (including phenoxy) is 1. The van der Waals surface area contributed by atoms with Crippen molar-refractivity contribution in [3.63, 3.8) is 0 Å². The highest BCUT2D eigenvalue weighted by molar-refractivity contribution is 9.10. The first kappa shape index (κ1) is 11.3. The van der Waals surface area contributed by atoms with Crippen molar-refractivity contribution in [3.05, 3.63) is 22.7 Å². The molecule has 0 amide bonds. The minimum absolute atomic E-state index is 0.0960. The molecule has 1 saturated carbocycles. The third-order valence-corrected chi connectivity index (χ3v) is 3.56. The van der Waals surface area contributed by atoms with Crippen LogP contribution in [0, 0.1) is 16.7 Å². The molecule has 0 unspecified atom stereocenters. The first-order valence-electron chi connectivity index (χ1n) is 5.20. The molecule has 0 bridgehead atoms. The van der Waals surface area contributed by atoms with Crippen LogP contribution in [0.3, 0.4) is 0 Å². The van der Waals surface area contributed by atoms with Crippen molar-refractivity contribution in [3.8, 4) is 11.8 Å². The van der Waals surface area contributed by atoms with Crippen molar-refractivity contribution in [2.75, 3.05) is 12.3 Å². The van der Waals surface area contributed by atoms with Gasteiger partial charge in [0, 0.05) is 23.6 Å². The van der Waals surface area contributed by atoms with Gasteiger partial charge in [-0.1, -0.05) is 0 Å². The van der Waals surface area contributed by atoms with Gasteiger partial charge in [0.05, 0.1) is 17.1 Å². The fraction of sp³-hybridized carbons (Fsp3) is 0.417. The molecule has 2 N–H and O–H groups in total. The number of rotatable bonds is 4.